The highest BCUT2D eigenvalue weighted by molar-refractivity contribution is 6.33. The minimum Gasteiger partial charge on any atom is -0.442 e. The van der Waals surface area contributed by atoms with E-state index in [-0.39, 0.29) is 18.0 Å². The van der Waals surface area contributed by atoms with Crippen LogP contribution in [0.1, 0.15) is 62.3 Å². The largest absolute Gasteiger partial charge is 0.534 e. The normalized spacial score (nSPS) is 19.9. The first-order valence-corrected chi connectivity index (χ1v) is 9.51. The molecule has 2 amide bonds. The maximum Gasteiger partial charge on any atom is 0.534 e. The van der Waals surface area contributed by atoms with Crippen LogP contribution in [0.15, 0.2) is 10.3 Å². The standard InChI is InChI=1S/C19H32N4O7/c1-11-27-21-13(3)19(12(2)20-22(10)14(19)24)23(15(25)28-17(4,5)6)30-16(26)29-18(7,8)9/h11H2,1-10H3. The molecular weight excluding hydrogens is 396 g/mol. The summed E-state index contributed by atoms with van der Waals surface area (Å²) in [7, 11) is 1.41. The molecule has 30 heavy (non-hydrogen) atoms. The maximum absolute atomic E-state index is 13.2. The van der Waals surface area contributed by atoms with E-state index in [4.69, 9.17) is 19.1 Å². The van der Waals surface area contributed by atoms with Crippen LogP contribution in [-0.4, -0.2) is 70.0 Å². The fourth-order valence-corrected chi connectivity index (χ4v) is 2.65. The summed E-state index contributed by atoms with van der Waals surface area (Å²) in [6.45, 7) is 14.7. The van der Waals surface area contributed by atoms with Gasteiger partial charge in [0.1, 0.15) is 17.8 Å². The van der Waals surface area contributed by atoms with Crippen molar-refractivity contribution in [2.75, 3.05) is 13.7 Å². The molecule has 0 spiro atoms. The Hall–Kier alpha value is -2.85. The van der Waals surface area contributed by atoms with Gasteiger partial charge in [0.15, 0.2) is 0 Å². The monoisotopic (exact) mass is 428 g/mol. The van der Waals surface area contributed by atoms with E-state index in [0.29, 0.717) is 5.06 Å². The lowest BCUT2D eigenvalue weighted by molar-refractivity contribution is -0.169. The van der Waals surface area contributed by atoms with Crippen molar-refractivity contribution < 1.29 is 33.5 Å². The molecule has 0 bridgehead atoms. The van der Waals surface area contributed by atoms with Crippen molar-refractivity contribution in [1.29, 1.82) is 0 Å². The van der Waals surface area contributed by atoms with Crippen molar-refractivity contribution in [2.24, 2.45) is 10.3 Å². The first kappa shape index (κ1) is 25.2. The van der Waals surface area contributed by atoms with E-state index in [0.717, 1.165) is 5.01 Å². The van der Waals surface area contributed by atoms with E-state index in [2.05, 4.69) is 10.3 Å². The Kier molecular flexibility index (Phi) is 7.46. The fourth-order valence-electron chi connectivity index (χ4n) is 2.65. The first-order chi connectivity index (χ1) is 13.6. The third kappa shape index (κ3) is 5.61. The topological polar surface area (TPSA) is 119 Å². The zero-order chi connectivity index (χ0) is 23.5. The Morgan fingerprint density at radius 2 is 1.67 bits per heavy atom. The molecule has 0 N–H and O–H groups in total. The van der Waals surface area contributed by atoms with Crippen molar-refractivity contribution in [1.82, 2.24) is 10.1 Å². The second kappa shape index (κ2) is 8.88. The number of rotatable bonds is 4. The van der Waals surface area contributed by atoms with Gasteiger partial charge in [-0.1, -0.05) is 5.16 Å². The summed E-state index contributed by atoms with van der Waals surface area (Å²) in [6.07, 6.45) is -2.30. The van der Waals surface area contributed by atoms with E-state index < -0.39 is 34.9 Å². The highest BCUT2D eigenvalue weighted by atomic mass is 16.8. The number of carbonyl (C=O) groups excluding carboxylic acids is 3. The van der Waals surface area contributed by atoms with Crippen LogP contribution in [0.5, 0.6) is 0 Å². The Balaban J connectivity index is 3.60. The first-order valence-electron chi connectivity index (χ1n) is 9.51. The third-order valence-corrected chi connectivity index (χ3v) is 3.70. The van der Waals surface area contributed by atoms with Crippen LogP contribution < -0.4 is 0 Å². The number of hydrogen-bond acceptors (Lipinski definition) is 9. The maximum atomic E-state index is 13.2. The fraction of sp³-hybridized carbons (Fsp3) is 0.737. The highest BCUT2D eigenvalue weighted by Crippen LogP contribution is 2.31. The lowest BCUT2D eigenvalue weighted by Crippen LogP contribution is -2.66. The van der Waals surface area contributed by atoms with Gasteiger partial charge in [-0.05, 0) is 62.3 Å². The molecule has 0 aromatic carbocycles. The number of hydroxylamine groups is 2. The molecule has 1 rings (SSSR count). The lowest BCUT2D eigenvalue weighted by Gasteiger charge is -2.37. The van der Waals surface area contributed by atoms with E-state index in [1.807, 2.05) is 0 Å². The van der Waals surface area contributed by atoms with Crippen LogP contribution in [0.2, 0.25) is 0 Å². The van der Waals surface area contributed by atoms with Gasteiger partial charge in [0, 0.05) is 7.05 Å². The van der Waals surface area contributed by atoms with E-state index in [9.17, 15) is 14.4 Å². The molecule has 1 heterocycles. The molecule has 1 aliphatic rings. The predicted molar refractivity (Wildman–Crippen MR) is 109 cm³/mol. The van der Waals surface area contributed by atoms with Gasteiger partial charge < -0.3 is 14.3 Å². The number of likely N-dealkylation sites (N-methyl/N-ethyl adjacent to an activating group) is 1. The molecule has 0 radical (unpaired) electrons. The summed E-state index contributed by atoms with van der Waals surface area (Å²) in [5.41, 5.74) is -3.70. The summed E-state index contributed by atoms with van der Waals surface area (Å²) in [6, 6.07) is 0. The Labute approximate surface area is 176 Å². The smallest absolute Gasteiger partial charge is 0.442 e. The van der Waals surface area contributed by atoms with Crippen LogP contribution in [0, 0.1) is 0 Å². The molecule has 0 aliphatic carbocycles. The van der Waals surface area contributed by atoms with Gasteiger partial charge in [0.2, 0.25) is 5.54 Å². The van der Waals surface area contributed by atoms with Gasteiger partial charge in [-0.2, -0.15) is 5.10 Å². The van der Waals surface area contributed by atoms with Crippen LogP contribution in [0.3, 0.4) is 0 Å². The zero-order valence-electron chi connectivity index (χ0n) is 19.4. The van der Waals surface area contributed by atoms with Crippen LogP contribution in [0.25, 0.3) is 0 Å². The molecule has 0 aromatic rings. The number of nitrogens with zero attached hydrogens (tertiary/aromatic N) is 4. The molecule has 11 nitrogen and oxygen atoms in total. The Morgan fingerprint density at radius 3 is 2.07 bits per heavy atom. The molecule has 11 heteroatoms. The SMILES string of the molecule is CCON=C(C)C1(N(OC(=O)OC(C)(C)C)C(=O)OC(C)(C)C)C(=O)N(C)N=C1C. The molecule has 0 aromatic heterocycles. The van der Waals surface area contributed by atoms with Crippen molar-refractivity contribution in [3.63, 3.8) is 0 Å². The van der Waals surface area contributed by atoms with Gasteiger partial charge in [-0.15, -0.1) is 5.06 Å². The van der Waals surface area contributed by atoms with Crippen LogP contribution in [-0.2, 0) is 23.9 Å². The Morgan fingerprint density at radius 1 is 1.13 bits per heavy atom. The van der Waals surface area contributed by atoms with E-state index >= 15 is 0 Å². The molecular formula is C19H32N4O7. The summed E-state index contributed by atoms with van der Waals surface area (Å²) in [4.78, 5) is 49.1. The number of carbonyl (C=O) groups is 3. The number of hydrazone groups is 1. The highest BCUT2D eigenvalue weighted by Gasteiger charge is 2.61. The second-order valence-corrected chi connectivity index (χ2v) is 8.65. The second-order valence-electron chi connectivity index (χ2n) is 8.65. The van der Waals surface area contributed by atoms with Gasteiger partial charge in [0.25, 0.3) is 5.91 Å². The number of ether oxygens (including phenoxy) is 2. The zero-order valence-corrected chi connectivity index (χ0v) is 19.4. The minimum atomic E-state index is -2.00. The van der Waals surface area contributed by atoms with Crippen molar-refractivity contribution in [3.05, 3.63) is 0 Å². The average Bonchev–Trinajstić information content (AvgIpc) is 2.77. The summed E-state index contributed by atoms with van der Waals surface area (Å²) >= 11 is 0. The molecule has 1 aliphatic heterocycles. The van der Waals surface area contributed by atoms with Crippen molar-refractivity contribution >= 4 is 29.6 Å². The van der Waals surface area contributed by atoms with Crippen LogP contribution >= 0.6 is 0 Å². The lowest BCUT2D eigenvalue weighted by atomic mass is 9.88. The Bertz CT molecular complexity index is 749. The summed E-state index contributed by atoms with van der Waals surface area (Å²) in [5.74, 6) is -0.685. The molecule has 0 saturated carbocycles. The van der Waals surface area contributed by atoms with E-state index in [1.165, 1.54) is 20.9 Å². The third-order valence-electron chi connectivity index (χ3n) is 3.70. The number of hydrogen-bond donors (Lipinski definition) is 0. The minimum absolute atomic E-state index is 0.0226. The van der Waals surface area contributed by atoms with Gasteiger partial charge in [-0.3, -0.25) is 9.63 Å². The van der Waals surface area contributed by atoms with Crippen LogP contribution in [0.4, 0.5) is 9.59 Å². The molecule has 0 saturated heterocycles. The summed E-state index contributed by atoms with van der Waals surface area (Å²) < 4.78 is 10.6. The van der Waals surface area contributed by atoms with Gasteiger partial charge in [0.05, 0.1) is 11.4 Å². The number of oxime groups is 1. The predicted octanol–water partition coefficient (Wildman–Crippen LogP) is 3.09. The van der Waals surface area contributed by atoms with Gasteiger partial charge in [-0.25, -0.2) is 14.6 Å². The summed E-state index contributed by atoms with van der Waals surface area (Å²) in [5, 5.41) is 9.57. The molecule has 0 fully saturated rings. The van der Waals surface area contributed by atoms with E-state index in [1.54, 1.807) is 48.5 Å². The molecule has 170 valence electrons. The number of amides is 2. The molecule has 1 unspecified atom stereocenters. The quantitative estimate of drug-likeness (QED) is 0.383. The molecule has 1 atom stereocenters. The average molecular weight is 428 g/mol. The van der Waals surface area contributed by atoms with Crippen molar-refractivity contribution in [3.8, 4) is 0 Å². The van der Waals surface area contributed by atoms with Crippen molar-refractivity contribution in [2.45, 2.75) is 79.1 Å². The van der Waals surface area contributed by atoms with Gasteiger partial charge >= 0.3 is 12.2 Å².